The van der Waals surface area contributed by atoms with Crippen LogP contribution in [0.15, 0.2) is 12.7 Å². The summed E-state index contributed by atoms with van der Waals surface area (Å²) in [4.78, 5) is 11.0. The van der Waals surface area contributed by atoms with Gasteiger partial charge in [0.25, 0.3) is 0 Å². The van der Waals surface area contributed by atoms with Crippen molar-refractivity contribution in [3.8, 4) is 0 Å². The summed E-state index contributed by atoms with van der Waals surface area (Å²) in [5.41, 5.74) is -0.758. The molecule has 1 saturated carbocycles. The highest BCUT2D eigenvalue weighted by molar-refractivity contribution is 7.89. The van der Waals surface area contributed by atoms with E-state index in [-0.39, 0.29) is 12.2 Å². The van der Waals surface area contributed by atoms with E-state index >= 15 is 0 Å². The van der Waals surface area contributed by atoms with Gasteiger partial charge in [-0.1, -0.05) is 25.3 Å². The summed E-state index contributed by atoms with van der Waals surface area (Å²) in [6.07, 6.45) is 5.24. The number of hydrogen-bond donors (Lipinski definition) is 1. The molecule has 104 valence electrons. The summed E-state index contributed by atoms with van der Waals surface area (Å²) in [6, 6.07) is 0. The zero-order valence-corrected chi connectivity index (χ0v) is 11.6. The normalized spacial score (nSPS) is 19.7. The Morgan fingerprint density at radius 1 is 1.39 bits per heavy atom. The quantitative estimate of drug-likeness (QED) is 0.747. The van der Waals surface area contributed by atoms with Gasteiger partial charge >= 0.3 is 5.97 Å². The van der Waals surface area contributed by atoms with E-state index in [9.17, 15) is 13.2 Å². The number of aliphatic carboxylic acids is 1. The van der Waals surface area contributed by atoms with Gasteiger partial charge < -0.3 is 5.11 Å². The van der Waals surface area contributed by atoms with Gasteiger partial charge in [-0.05, 0) is 12.8 Å². The van der Waals surface area contributed by atoms with Gasteiger partial charge in [0, 0.05) is 12.6 Å². The zero-order valence-electron chi connectivity index (χ0n) is 10.8. The second kappa shape index (κ2) is 5.84. The number of carbonyl (C=O) groups is 1. The maximum absolute atomic E-state index is 12.1. The van der Waals surface area contributed by atoms with Crippen LogP contribution in [0.25, 0.3) is 0 Å². The van der Waals surface area contributed by atoms with Crippen LogP contribution in [0.5, 0.6) is 0 Å². The molecular formula is C12H21NO4S. The van der Waals surface area contributed by atoms with Crippen LogP contribution in [-0.2, 0) is 14.8 Å². The van der Waals surface area contributed by atoms with Crippen molar-refractivity contribution in [2.75, 3.05) is 12.8 Å². The third-order valence-corrected chi connectivity index (χ3v) is 5.56. The van der Waals surface area contributed by atoms with E-state index in [0.717, 1.165) is 19.3 Å². The van der Waals surface area contributed by atoms with Crippen LogP contribution in [0.3, 0.4) is 0 Å². The number of rotatable bonds is 6. The minimum Gasteiger partial charge on any atom is -0.481 e. The average Bonchev–Trinajstić information content (AvgIpc) is 2.28. The van der Waals surface area contributed by atoms with Crippen LogP contribution in [0.1, 0.15) is 38.5 Å². The molecule has 5 nitrogen and oxygen atoms in total. The molecule has 6 heteroatoms. The van der Waals surface area contributed by atoms with Crippen molar-refractivity contribution in [1.29, 1.82) is 0 Å². The molecule has 0 atom stereocenters. The van der Waals surface area contributed by atoms with Gasteiger partial charge in [-0.15, -0.1) is 6.58 Å². The Morgan fingerprint density at radius 3 is 2.39 bits per heavy atom. The van der Waals surface area contributed by atoms with Gasteiger partial charge in [0.15, 0.2) is 0 Å². The number of nitrogens with zero attached hydrogens (tertiary/aromatic N) is 1. The number of carboxylic acid groups (broad SMARTS) is 1. The molecule has 1 rings (SSSR count). The zero-order chi connectivity index (χ0) is 13.8. The lowest BCUT2D eigenvalue weighted by molar-refractivity contribution is -0.140. The smallest absolute Gasteiger partial charge is 0.305 e. The number of sulfonamides is 1. The van der Waals surface area contributed by atoms with Crippen molar-refractivity contribution in [3.63, 3.8) is 0 Å². The summed E-state index contributed by atoms with van der Waals surface area (Å²) >= 11 is 0. The van der Waals surface area contributed by atoms with Gasteiger partial charge in [-0.25, -0.2) is 8.42 Å². The highest BCUT2D eigenvalue weighted by Crippen LogP contribution is 2.37. The van der Waals surface area contributed by atoms with Gasteiger partial charge in [0.1, 0.15) is 0 Å². The summed E-state index contributed by atoms with van der Waals surface area (Å²) in [5.74, 6) is -1.09. The topological polar surface area (TPSA) is 74.7 Å². The van der Waals surface area contributed by atoms with Crippen LogP contribution in [0, 0.1) is 0 Å². The molecule has 0 heterocycles. The van der Waals surface area contributed by atoms with Crippen LogP contribution in [0.2, 0.25) is 0 Å². The number of hydrogen-bond acceptors (Lipinski definition) is 3. The van der Waals surface area contributed by atoms with Crippen molar-refractivity contribution < 1.29 is 18.3 Å². The van der Waals surface area contributed by atoms with Gasteiger partial charge in [0.05, 0.1) is 12.2 Å². The van der Waals surface area contributed by atoms with Gasteiger partial charge in [-0.2, -0.15) is 4.31 Å². The van der Waals surface area contributed by atoms with E-state index in [1.165, 1.54) is 17.4 Å². The van der Waals surface area contributed by atoms with Gasteiger partial charge in [-0.3, -0.25) is 4.79 Å². The van der Waals surface area contributed by atoms with E-state index in [1.54, 1.807) is 0 Å². The fourth-order valence-corrected chi connectivity index (χ4v) is 4.01. The molecule has 0 amide bonds. The lowest BCUT2D eigenvalue weighted by Crippen LogP contribution is -2.52. The standard InChI is InChI=1S/C12H21NO4S/c1-3-9-18(16,17)13(2)12(10-11(14)15)7-5-4-6-8-12/h3H,1,4-10H2,2H3,(H,14,15). The molecule has 1 aliphatic carbocycles. The average molecular weight is 275 g/mol. The Labute approximate surface area is 109 Å². The first-order valence-corrected chi connectivity index (χ1v) is 7.74. The fourth-order valence-electron chi connectivity index (χ4n) is 2.65. The van der Waals surface area contributed by atoms with E-state index in [0.29, 0.717) is 12.8 Å². The number of carboxylic acids is 1. The molecule has 0 aromatic carbocycles. The molecule has 0 aromatic rings. The molecule has 1 N–H and O–H groups in total. The first-order chi connectivity index (χ1) is 8.34. The molecule has 0 aromatic heterocycles. The predicted octanol–water partition coefficient (Wildman–Crippen LogP) is 1.61. The van der Waals surface area contributed by atoms with Crippen molar-refractivity contribution in [2.45, 2.75) is 44.1 Å². The molecule has 0 spiro atoms. The van der Waals surface area contributed by atoms with Crippen LogP contribution in [-0.4, -0.2) is 42.1 Å². The minimum atomic E-state index is -3.46. The molecule has 1 fully saturated rings. The molecule has 0 unspecified atom stereocenters. The maximum atomic E-state index is 12.1. The minimum absolute atomic E-state index is 0.125. The molecule has 18 heavy (non-hydrogen) atoms. The summed E-state index contributed by atoms with van der Waals surface area (Å²) < 4.78 is 25.4. The van der Waals surface area contributed by atoms with Crippen LogP contribution >= 0.6 is 0 Å². The van der Waals surface area contributed by atoms with Gasteiger partial charge in [0.2, 0.25) is 10.0 Å². The van der Waals surface area contributed by atoms with Crippen molar-refractivity contribution in [3.05, 3.63) is 12.7 Å². The molecule has 0 bridgehead atoms. The lowest BCUT2D eigenvalue weighted by Gasteiger charge is -2.42. The van der Waals surface area contributed by atoms with E-state index in [1.807, 2.05) is 0 Å². The molecule has 1 aliphatic rings. The van der Waals surface area contributed by atoms with E-state index in [4.69, 9.17) is 5.11 Å². The summed E-state index contributed by atoms with van der Waals surface area (Å²) in [7, 11) is -1.97. The predicted molar refractivity (Wildman–Crippen MR) is 69.8 cm³/mol. The van der Waals surface area contributed by atoms with E-state index in [2.05, 4.69) is 6.58 Å². The second-order valence-electron chi connectivity index (χ2n) is 4.89. The molecule has 0 radical (unpaired) electrons. The molecule has 0 saturated heterocycles. The SMILES string of the molecule is C=CCS(=O)(=O)N(C)C1(CC(=O)O)CCCCC1. The van der Waals surface area contributed by atoms with Crippen molar-refractivity contribution in [1.82, 2.24) is 4.31 Å². The fraction of sp³-hybridized carbons (Fsp3) is 0.750. The third-order valence-electron chi connectivity index (χ3n) is 3.68. The second-order valence-corrected chi connectivity index (χ2v) is 6.94. The molecule has 0 aliphatic heterocycles. The first kappa shape index (κ1) is 15.2. The Balaban J connectivity index is 3.02. The van der Waals surface area contributed by atoms with Crippen molar-refractivity contribution >= 4 is 16.0 Å². The molecular weight excluding hydrogens is 254 g/mol. The Bertz CT molecular complexity index is 410. The third kappa shape index (κ3) is 3.32. The largest absolute Gasteiger partial charge is 0.481 e. The summed E-state index contributed by atoms with van der Waals surface area (Å²) in [5, 5.41) is 9.03. The van der Waals surface area contributed by atoms with Crippen LogP contribution in [0.4, 0.5) is 0 Å². The Hall–Kier alpha value is -0.880. The maximum Gasteiger partial charge on any atom is 0.305 e. The first-order valence-electron chi connectivity index (χ1n) is 6.13. The lowest BCUT2D eigenvalue weighted by atomic mass is 9.79. The Morgan fingerprint density at radius 2 is 1.94 bits per heavy atom. The van der Waals surface area contributed by atoms with Crippen molar-refractivity contribution in [2.24, 2.45) is 0 Å². The highest BCUT2D eigenvalue weighted by Gasteiger charge is 2.42. The van der Waals surface area contributed by atoms with E-state index < -0.39 is 21.5 Å². The van der Waals surface area contributed by atoms with Crippen LogP contribution < -0.4 is 0 Å². The summed E-state index contributed by atoms with van der Waals surface area (Å²) in [6.45, 7) is 3.43. The monoisotopic (exact) mass is 275 g/mol. The highest BCUT2D eigenvalue weighted by atomic mass is 32.2. The Kier molecular flexibility index (Phi) is 4.92.